The van der Waals surface area contributed by atoms with Gasteiger partial charge in [0.15, 0.2) is 0 Å². The highest BCUT2D eigenvalue weighted by molar-refractivity contribution is 7.89. The molecular formula is C29H35N3O5S. The number of benzene rings is 3. The second-order valence-electron chi connectivity index (χ2n) is 9.81. The van der Waals surface area contributed by atoms with Crippen molar-refractivity contribution in [1.82, 2.24) is 14.5 Å². The Labute approximate surface area is 224 Å². The lowest BCUT2D eigenvalue weighted by molar-refractivity contribution is -0.140. The molecule has 3 aromatic rings. The Morgan fingerprint density at radius 2 is 1.66 bits per heavy atom. The van der Waals surface area contributed by atoms with Crippen LogP contribution < -0.4 is 10.1 Å². The van der Waals surface area contributed by atoms with Gasteiger partial charge in [-0.25, -0.2) is 8.42 Å². The van der Waals surface area contributed by atoms with Gasteiger partial charge in [-0.2, -0.15) is 4.31 Å². The summed E-state index contributed by atoms with van der Waals surface area (Å²) in [5.74, 6) is -0.0135. The van der Waals surface area contributed by atoms with Gasteiger partial charge in [0.1, 0.15) is 11.8 Å². The standard InChI is InChI=1S/C29H35N3O5S/c1-21(29(34)30-25-10-6-7-11-25)32(19-22-12-15-26(37-3)16-13-22)28(33)20-31(2)38(35,36)27-17-14-23-8-4-5-9-24(23)18-27/h4-5,8-9,12-18,21,25H,6-7,10-11,19-20H2,1-3H3,(H,30,34). The molecule has 1 fully saturated rings. The molecule has 0 radical (unpaired) electrons. The molecule has 38 heavy (non-hydrogen) atoms. The van der Waals surface area contributed by atoms with Gasteiger partial charge in [-0.15, -0.1) is 0 Å². The molecule has 0 bridgehead atoms. The maximum atomic E-state index is 13.6. The zero-order valence-corrected chi connectivity index (χ0v) is 22.9. The van der Waals surface area contributed by atoms with Gasteiger partial charge in [0.2, 0.25) is 21.8 Å². The van der Waals surface area contributed by atoms with E-state index in [1.165, 1.54) is 11.9 Å². The van der Waals surface area contributed by atoms with E-state index in [1.54, 1.807) is 44.4 Å². The zero-order chi connectivity index (χ0) is 27.3. The fraction of sp³-hybridized carbons (Fsp3) is 0.379. The third-order valence-electron chi connectivity index (χ3n) is 7.17. The van der Waals surface area contributed by atoms with E-state index in [4.69, 9.17) is 4.74 Å². The minimum absolute atomic E-state index is 0.110. The third-order valence-corrected chi connectivity index (χ3v) is 8.97. The quantitative estimate of drug-likeness (QED) is 0.423. The number of sulfonamides is 1. The van der Waals surface area contributed by atoms with E-state index < -0.39 is 28.5 Å². The number of fused-ring (bicyclic) bond motifs is 1. The van der Waals surface area contributed by atoms with Crippen molar-refractivity contribution >= 4 is 32.6 Å². The number of carbonyl (C=O) groups excluding carboxylic acids is 2. The van der Waals surface area contributed by atoms with Crippen molar-refractivity contribution in [2.75, 3.05) is 20.7 Å². The minimum Gasteiger partial charge on any atom is -0.497 e. The van der Waals surface area contributed by atoms with E-state index in [1.807, 2.05) is 36.4 Å². The molecule has 9 heteroatoms. The van der Waals surface area contributed by atoms with Crippen LogP contribution in [0.15, 0.2) is 71.6 Å². The Balaban J connectivity index is 1.54. The van der Waals surface area contributed by atoms with Crippen LogP contribution in [0.5, 0.6) is 5.75 Å². The molecule has 1 aliphatic rings. The second kappa shape index (κ2) is 12.0. The molecule has 1 N–H and O–H groups in total. The summed E-state index contributed by atoms with van der Waals surface area (Å²) >= 11 is 0. The molecule has 1 atom stereocenters. The maximum absolute atomic E-state index is 13.6. The first kappa shape index (κ1) is 27.6. The van der Waals surface area contributed by atoms with Crippen LogP contribution in [0.1, 0.15) is 38.2 Å². The number of hydrogen-bond donors (Lipinski definition) is 1. The molecule has 1 aliphatic carbocycles. The van der Waals surface area contributed by atoms with Crippen LogP contribution in [0.2, 0.25) is 0 Å². The monoisotopic (exact) mass is 537 g/mol. The summed E-state index contributed by atoms with van der Waals surface area (Å²) in [5.41, 5.74) is 0.805. The first-order valence-electron chi connectivity index (χ1n) is 12.9. The van der Waals surface area contributed by atoms with Crippen LogP contribution in [0.4, 0.5) is 0 Å². The smallest absolute Gasteiger partial charge is 0.243 e. The minimum atomic E-state index is -3.94. The van der Waals surface area contributed by atoms with Gasteiger partial charge in [-0.3, -0.25) is 9.59 Å². The molecule has 202 valence electrons. The number of methoxy groups -OCH3 is 1. The topological polar surface area (TPSA) is 96.0 Å². The SMILES string of the molecule is COc1ccc(CN(C(=O)CN(C)S(=O)(=O)c2ccc3ccccc3c2)C(C)C(=O)NC2CCCC2)cc1. The Bertz CT molecular complexity index is 1380. The summed E-state index contributed by atoms with van der Waals surface area (Å²) in [6, 6.07) is 19.0. The van der Waals surface area contributed by atoms with Crippen molar-refractivity contribution in [2.45, 2.75) is 56.1 Å². The average molecular weight is 538 g/mol. The molecule has 0 heterocycles. The molecule has 2 amide bonds. The molecule has 1 saturated carbocycles. The van der Waals surface area contributed by atoms with Crippen molar-refractivity contribution in [3.8, 4) is 5.75 Å². The Morgan fingerprint density at radius 3 is 2.32 bits per heavy atom. The van der Waals surface area contributed by atoms with Crippen LogP contribution in [-0.4, -0.2) is 62.2 Å². The van der Waals surface area contributed by atoms with Gasteiger partial charge in [-0.05, 0) is 60.4 Å². The van der Waals surface area contributed by atoms with Gasteiger partial charge in [0.25, 0.3) is 0 Å². The van der Waals surface area contributed by atoms with Crippen molar-refractivity contribution in [1.29, 1.82) is 0 Å². The van der Waals surface area contributed by atoms with Crippen molar-refractivity contribution < 1.29 is 22.7 Å². The first-order chi connectivity index (χ1) is 18.2. The lowest BCUT2D eigenvalue weighted by Crippen LogP contribution is -2.52. The summed E-state index contributed by atoms with van der Waals surface area (Å²) in [5, 5.41) is 4.79. The Hall–Kier alpha value is -3.43. The van der Waals surface area contributed by atoms with E-state index in [0.29, 0.717) is 5.75 Å². The predicted molar refractivity (Wildman–Crippen MR) is 147 cm³/mol. The lowest BCUT2D eigenvalue weighted by Gasteiger charge is -2.31. The number of hydrogen-bond acceptors (Lipinski definition) is 5. The summed E-state index contributed by atoms with van der Waals surface area (Å²) in [7, 11) is -0.975. The number of nitrogens with one attached hydrogen (secondary N) is 1. The van der Waals surface area contributed by atoms with E-state index in [9.17, 15) is 18.0 Å². The van der Waals surface area contributed by atoms with Crippen LogP contribution >= 0.6 is 0 Å². The van der Waals surface area contributed by atoms with Crippen molar-refractivity contribution in [2.24, 2.45) is 0 Å². The van der Waals surface area contributed by atoms with Crippen LogP contribution in [0, 0.1) is 0 Å². The van der Waals surface area contributed by atoms with Crippen molar-refractivity contribution in [3.63, 3.8) is 0 Å². The van der Waals surface area contributed by atoms with E-state index in [-0.39, 0.29) is 23.4 Å². The van der Waals surface area contributed by atoms with Gasteiger partial charge < -0.3 is 15.0 Å². The fourth-order valence-corrected chi connectivity index (χ4v) is 5.93. The molecule has 3 aromatic carbocycles. The summed E-state index contributed by atoms with van der Waals surface area (Å²) in [4.78, 5) is 28.2. The molecule has 0 saturated heterocycles. The average Bonchev–Trinajstić information content (AvgIpc) is 3.44. The number of rotatable bonds is 10. The van der Waals surface area contributed by atoms with Gasteiger partial charge in [0.05, 0.1) is 18.6 Å². The highest BCUT2D eigenvalue weighted by Gasteiger charge is 2.31. The predicted octanol–water partition coefficient (Wildman–Crippen LogP) is 3.95. The zero-order valence-electron chi connectivity index (χ0n) is 22.1. The summed E-state index contributed by atoms with van der Waals surface area (Å²) < 4.78 is 33.0. The largest absolute Gasteiger partial charge is 0.497 e. The van der Waals surface area contributed by atoms with Crippen LogP contribution in [0.25, 0.3) is 10.8 Å². The number of nitrogens with zero attached hydrogens (tertiary/aromatic N) is 2. The Morgan fingerprint density at radius 1 is 1.00 bits per heavy atom. The molecule has 0 aliphatic heterocycles. The molecular weight excluding hydrogens is 502 g/mol. The molecule has 0 spiro atoms. The highest BCUT2D eigenvalue weighted by atomic mass is 32.2. The normalized spacial score (nSPS) is 14.9. The summed E-state index contributed by atoms with van der Waals surface area (Å²) in [6.45, 7) is 1.45. The van der Waals surface area contributed by atoms with Crippen molar-refractivity contribution in [3.05, 3.63) is 72.3 Å². The molecule has 8 nitrogen and oxygen atoms in total. The summed E-state index contributed by atoms with van der Waals surface area (Å²) in [6.07, 6.45) is 4.01. The number of amides is 2. The molecule has 0 aromatic heterocycles. The van der Waals surface area contributed by atoms with Gasteiger partial charge in [0, 0.05) is 19.6 Å². The highest BCUT2D eigenvalue weighted by Crippen LogP contribution is 2.23. The Kier molecular flexibility index (Phi) is 8.69. The second-order valence-corrected chi connectivity index (χ2v) is 11.9. The maximum Gasteiger partial charge on any atom is 0.243 e. The first-order valence-corrected chi connectivity index (χ1v) is 14.3. The molecule has 4 rings (SSSR count). The van der Waals surface area contributed by atoms with Gasteiger partial charge in [-0.1, -0.05) is 55.3 Å². The molecule has 1 unspecified atom stereocenters. The van der Waals surface area contributed by atoms with Crippen LogP contribution in [-0.2, 0) is 26.2 Å². The lowest BCUT2D eigenvalue weighted by atomic mass is 10.1. The van der Waals surface area contributed by atoms with E-state index >= 15 is 0 Å². The van der Waals surface area contributed by atoms with Gasteiger partial charge >= 0.3 is 0 Å². The van der Waals surface area contributed by atoms with E-state index in [0.717, 1.165) is 46.3 Å². The van der Waals surface area contributed by atoms with E-state index in [2.05, 4.69) is 5.32 Å². The number of likely N-dealkylation sites (N-methyl/N-ethyl adjacent to an activating group) is 1. The number of ether oxygens (including phenoxy) is 1. The number of carbonyl (C=O) groups is 2. The van der Waals surface area contributed by atoms with Crippen LogP contribution in [0.3, 0.4) is 0 Å². The third kappa shape index (κ3) is 6.34. The fourth-order valence-electron chi connectivity index (χ4n) is 4.78.